The van der Waals surface area contributed by atoms with E-state index in [-0.39, 0.29) is 11.8 Å². The first kappa shape index (κ1) is 21.3. The number of likely N-dealkylation sites (tertiary alicyclic amines) is 1. The third-order valence-corrected chi connectivity index (χ3v) is 6.73. The van der Waals surface area contributed by atoms with Crippen molar-refractivity contribution in [3.63, 3.8) is 0 Å². The largest absolute Gasteiger partial charge is 0.493 e. The molecule has 0 aromatic heterocycles. The summed E-state index contributed by atoms with van der Waals surface area (Å²) >= 11 is 12.2. The molecule has 0 radical (unpaired) electrons. The first-order valence-corrected chi connectivity index (χ1v) is 11.0. The molecule has 4 rings (SSSR count). The van der Waals surface area contributed by atoms with Gasteiger partial charge in [-0.15, -0.1) is 0 Å². The van der Waals surface area contributed by atoms with Gasteiger partial charge in [-0.2, -0.15) is 0 Å². The fourth-order valence-electron chi connectivity index (χ4n) is 4.32. The van der Waals surface area contributed by atoms with E-state index in [9.17, 15) is 4.79 Å². The van der Waals surface area contributed by atoms with Crippen molar-refractivity contribution in [1.29, 1.82) is 0 Å². The van der Waals surface area contributed by atoms with Crippen molar-refractivity contribution >= 4 is 29.2 Å². The van der Waals surface area contributed by atoms with E-state index in [1.807, 2.05) is 24.3 Å². The topological polar surface area (TPSA) is 59.0 Å². The first-order chi connectivity index (χ1) is 14.4. The highest BCUT2D eigenvalue weighted by Crippen LogP contribution is 2.46. The molecule has 2 heterocycles. The fraction of sp³-hybridized carbons (Fsp3) is 0.435. The molecule has 1 saturated heterocycles. The van der Waals surface area contributed by atoms with Gasteiger partial charge in [-0.05, 0) is 49.7 Å². The Morgan fingerprint density at radius 3 is 2.70 bits per heavy atom. The first-order valence-electron chi connectivity index (χ1n) is 10.2. The number of carboxylic acids is 1. The quantitative estimate of drug-likeness (QED) is 0.656. The van der Waals surface area contributed by atoms with Crippen LogP contribution in [-0.4, -0.2) is 48.8 Å². The Labute approximate surface area is 186 Å². The van der Waals surface area contributed by atoms with Gasteiger partial charge in [0.25, 0.3) is 0 Å². The van der Waals surface area contributed by atoms with E-state index in [1.54, 1.807) is 6.07 Å². The summed E-state index contributed by atoms with van der Waals surface area (Å²) in [5, 5.41) is 10.2. The van der Waals surface area contributed by atoms with E-state index in [0.29, 0.717) is 36.2 Å². The van der Waals surface area contributed by atoms with Crippen molar-refractivity contribution in [2.24, 2.45) is 0 Å². The molecule has 0 bridgehead atoms. The van der Waals surface area contributed by atoms with Gasteiger partial charge < -0.3 is 19.5 Å². The molecule has 0 saturated carbocycles. The molecular weight excluding hydrogens is 425 g/mol. The maximum Gasteiger partial charge on any atom is 0.304 e. The Balaban J connectivity index is 1.34. The van der Waals surface area contributed by atoms with Gasteiger partial charge in [0.15, 0.2) is 0 Å². The lowest BCUT2D eigenvalue weighted by Crippen LogP contribution is -2.44. The van der Waals surface area contributed by atoms with Crippen LogP contribution >= 0.6 is 23.2 Å². The molecule has 1 fully saturated rings. The van der Waals surface area contributed by atoms with Crippen LogP contribution in [0.4, 0.5) is 0 Å². The maximum absolute atomic E-state index is 10.8. The molecule has 0 amide bonds. The molecule has 5 nitrogen and oxygen atoms in total. The monoisotopic (exact) mass is 449 g/mol. The van der Waals surface area contributed by atoms with E-state index in [2.05, 4.69) is 11.0 Å². The Morgan fingerprint density at radius 2 is 1.97 bits per heavy atom. The summed E-state index contributed by atoms with van der Waals surface area (Å²) in [6, 6.07) is 11.6. The summed E-state index contributed by atoms with van der Waals surface area (Å²) in [5.41, 5.74) is 2.28. The number of hydrogen-bond donors (Lipinski definition) is 1. The summed E-state index contributed by atoms with van der Waals surface area (Å²) in [6.45, 7) is 3.61. The number of piperidine rings is 1. The second kappa shape index (κ2) is 9.04. The van der Waals surface area contributed by atoms with Crippen molar-refractivity contribution in [2.45, 2.75) is 31.1 Å². The number of ether oxygens (including phenoxy) is 2. The van der Waals surface area contributed by atoms with Gasteiger partial charge in [-0.3, -0.25) is 4.79 Å². The van der Waals surface area contributed by atoms with Gasteiger partial charge >= 0.3 is 5.97 Å². The molecule has 160 valence electrons. The standard InChI is InChI=1S/C23H25Cl2NO4/c24-17-2-1-16(20(25)13-17)6-12-29-18-3-4-19-21(14-18)30-15-23(19)7-10-26(11-8-23)9-5-22(27)28/h1-4,13-14H,5-12,15H2,(H,27,28). The molecule has 1 spiro atoms. The van der Waals surface area contributed by atoms with Crippen LogP contribution in [0, 0.1) is 0 Å². The summed E-state index contributed by atoms with van der Waals surface area (Å²) in [4.78, 5) is 13.0. The number of carbonyl (C=O) groups is 1. The number of rotatable bonds is 7. The minimum absolute atomic E-state index is 0.0322. The predicted octanol–water partition coefficient (Wildman–Crippen LogP) is 4.82. The second-order valence-electron chi connectivity index (χ2n) is 8.05. The van der Waals surface area contributed by atoms with Crippen LogP contribution in [0.25, 0.3) is 0 Å². The van der Waals surface area contributed by atoms with Gasteiger partial charge in [-0.25, -0.2) is 0 Å². The third kappa shape index (κ3) is 4.69. The summed E-state index contributed by atoms with van der Waals surface area (Å²) in [6.07, 6.45) is 2.86. The Kier molecular flexibility index (Phi) is 6.42. The zero-order chi connectivity index (χ0) is 21.1. The lowest BCUT2D eigenvalue weighted by molar-refractivity contribution is -0.137. The van der Waals surface area contributed by atoms with Crippen LogP contribution in [0.1, 0.15) is 30.4 Å². The van der Waals surface area contributed by atoms with Gasteiger partial charge in [-0.1, -0.05) is 35.3 Å². The zero-order valence-corrected chi connectivity index (χ0v) is 18.2. The van der Waals surface area contributed by atoms with Crippen molar-refractivity contribution in [3.8, 4) is 11.5 Å². The van der Waals surface area contributed by atoms with Crippen LogP contribution in [0.5, 0.6) is 11.5 Å². The second-order valence-corrected chi connectivity index (χ2v) is 8.89. The number of fused-ring (bicyclic) bond motifs is 2. The number of halogens is 2. The average molecular weight is 450 g/mol. The molecule has 1 N–H and O–H groups in total. The Hall–Kier alpha value is -1.95. The lowest BCUT2D eigenvalue weighted by Gasteiger charge is -2.38. The Morgan fingerprint density at radius 1 is 1.17 bits per heavy atom. The third-order valence-electron chi connectivity index (χ3n) is 6.14. The fourth-order valence-corrected chi connectivity index (χ4v) is 4.82. The molecular formula is C23H25Cl2NO4. The molecule has 2 aliphatic rings. The van der Waals surface area contributed by atoms with Crippen LogP contribution in [-0.2, 0) is 16.6 Å². The zero-order valence-electron chi connectivity index (χ0n) is 16.7. The molecule has 30 heavy (non-hydrogen) atoms. The maximum atomic E-state index is 10.8. The summed E-state index contributed by atoms with van der Waals surface area (Å²) in [7, 11) is 0. The van der Waals surface area contributed by atoms with Crippen LogP contribution < -0.4 is 9.47 Å². The van der Waals surface area contributed by atoms with E-state index < -0.39 is 5.97 Å². The van der Waals surface area contributed by atoms with Crippen molar-refractivity contribution < 1.29 is 19.4 Å². The summed E-state index contributed by atoms with van der Waals surface area (Å²) < 4.78 is 12.0. The highest BCUT2D eigenvalue weighted by Gasteiger charge is 2.43. The number of benzene rings is 2. The highest BCUT2D eigenvalue weighted by molar-refractivity contribution is 6.35. The molecule has 0 atom stereocenters. The Bertz CT molecular complexity index is 925. The molecule has 2 aromatic rings. The smallest absolute Gasteiger partial charge is 0.304 e. The molecule has 7 heteroatoms. The van der Waals surface area contributed by atoms with Gasteiger partial charge in [0, 0.05) is 40.1 Å². The highest BCUT2D eigenvalue weighted by atomic mass is 35.5. The van der Waals surface area contributed by atoms with Crippen LogP contribution in [0.3, 0.4) is 0 Å². The number of nitrogens with zero attached hydrogens (tertiary/aromatic N) is 1. The normalized spacial score (nSPS) is 17.5. The van der Waals surface area contributed by atoms with Crippen molar-refractivity contribution in [3.05, 3.63) is 57.6 Å². The van der Waals surface area contributed by atoms with Gasteiger partial charge in [0.05, 0.1) is 19.6 Å². The van der Waals surface area contributed by atoms with E-state index in [1.165, 1.54) is 5.56 Å². The van der Waals surface area contributed by atoms with Gasteiger partial charge in [0.2, 0.25) is 0 Å². The number of carboxylic acid groups (broad SMARTS) is 1. The number of hydrogen-bond acceptors (Lipinski definition) is 4. The minimum atomic E-state index is -0.740. The molecule has 0 aliphatic carbocycles. The molecule has 2 aromatic carbocycles. The predicted molar refractivity (Wildman–Crippen MR) is 117 cm³/mol. The van der Waals surface area contributed by atoms with E-state index >= 15 is 0 Å². The number of aliphatic carboxylic acids is 1. The lowest BCUT2D eigenvalue weighted by atomic mass is 9.74. The van der Waals surface area contributed by atoms with Crippen molar-refractivity contribution in [1.82, 2.24) is 4.90 Å². The van der Waals surface area contributed by atoms with E-state index in [0.717, 1.165) is 43.0 Å². The SMILES string of the molecule is O=C(O)CCN1CCC2(CC1)COc1cc(OCCc3ccc(Cl)cc3Cl)ccc12. The van der Waals surface area contributed by atoms with Crippen molar-refractivity contribution in [2.75, 3.05) is 32.8 Å². The summed E-state index contributed by atoms with van der Waals surface area (Å²) in [5.74, 6) is 0.946. The average Bonchev–Trinajstić information content (AvgIpc) is 3.07. The van der Waals surface area contributed by atoms with E-state index in [4.69, 9.17) is 37.8 Å². The minimum Gasteiger partial charge on any atom is -0.493 e. The van der Waals surface area contributed by atoms with Crippen LogP contribution in [0.2, 0.25) is 10.0 Å². The molecule has 2 aliphatic heterocycles. The molecule has 0 unspecified atom stereocenters. The van der Waals surface area contributed by atoms with Gasteiger partial charge in [0.1, 0.15) is 11.5 Å². The van der Waals surface area contributed by atoms with Crippen LogP contribution in [0.15, 0.2) is 36.4 Å².